The molecule has 0 saturated heterocycles. The summed E-state index contributed by atoms with van der Waals surface area (Å²) in [5, 5.41) is 12.3. The molecule has 0 radical (unpaired) electrons. The number of benzene rings is 1. The van der Waals surface area contributed by atoms with Crippen molar-refractivity contribution in [1.29, 1.82) is 0 Å². The van der Waals surface area contributed by atoms with Gasteiger partial charge in [-0.1, -0.05) is 48.0 Å². The van der Waals surface area contributed by atoms with Crippen LogP contribution in [0.4, 0.5) is 0 Å². The van der Waals surface area contributed by atoms with Gasteiger partial charge in [-0.05, 0) is 31.0 Å². The quantitative estimate of drug-likeness (QED) is 0.785. The van der Waals surface area contributed by atoms with Crippen LogP contribution in [0.15, 0.2) is 54.7 Å². The van der Waals surface area contributed by atoms with Crippen LogP contribution in [0.3, 0.4) is 0 Å². The van der Waals surface area contributed by atoms with Crippen molar-refractivity contribution in [2.24, 2.45) is 5.92 Å². The summed E-state index contributed by atoms with van der Waals surface area (Å²) >= 11 is 0. The Balaban J connectivity index is 1.74. The second-order valence-corrected chi connectivity index (χ2v) is 5.90. The van der Waals surface area contributed by atoms with Crippen LogP contribution in [0.5, 0.6) is 0 Å². The molecule has 24 heavy (non-hydrogen) atoms. The molecular weight excluding hydrogens is 300 g/mol. The van der Waals surface area contributed by atoms with Crippen LogP contribution in [0, 0.1) is 12.8 Å². The van der Waals surface area contributed by atoms with Gasteiger partial charge in [0.05, 0.1) is 0 Å². The lowest BCUT2D eigenvalue weighted by molar-refractivity contribution is -0.120. The van der Waals surface area contributed by atoms with Gasteiger partial charge in [0.25, 0.3) is 0 Å². The van der Waals surface area contributed by atoms with Gasteiger partial charge in [-0.25, -0.2) is 0 Å². The fourth-order valence-electron chi connectivity index (χ4n) is 2.33. The highest BCUT2D eigenvalue weighted by Crippen LogP contribution is 2.06. The summed E-state index contributed by atoms with van der Waals surface area (Å²) in [7, 11) is 0. The van der Waals surface area contributed by atoms with Gasteiger partial charge < -0.3 is 10.4 Å². The lowest BCUT2D eigenvalue weighted by atomic mass is 10.0. The second kappa shape index (κ2) is 9.63. The molecule has 0 aliphatic carbocycles. The molecule has 4 heteroatoms. The molecule has 2 N–H and O–H groups in total. The van der Waals surface area contributed by atoms with Crippen molar-refractivity contribution in [3.63, 3.8) is 0 Å². The van der Waals surface area contributed by atoms with Crippen molar-refractivity contribution in [3.05, 3.63) is 71.6 Å². The summed E-state index contributed by atoms with van der Waals surface area (Å²) in [6.45, 7) is 2.52. The Bertz CT molecular complexity index is 651. The Labute approximate surface area is 143 Å². The fourth-order valence-corrected chi connectivity index (χ4v) is 2.33. The Morgan fingerprint density at radius 2 is 2.04 bits per heavy atom. The number of carbonyl (C=O) groups excluding carboxylic acids is 1. The van der Waals surface area contributed by atoms with Crippen LogP contribution >= 0.6 is 0 Å². The highest BCUT2D eigenvalue weighted by atomic mass is 16.3. The maximum absolute atomic E-state index is 11.9. The van der Waals surface area contributed by atoms with Gasteiger partial charge in [-0.3, -0.25) is 9.78 Å². The molecule has 0 aliphatic rings. The van der Waals surface area contributed by atoms with E-state index >= 15 is 0 Å². The number of nitrogens with one attached hydrogen (secondary N) is 1. The SMILES string of the molecule is Cc1ccc(/C=C/CC(=O)NCC(CO)Cc2ccccn2)cc1. The molecule has 1 aromatic carbocycles. The van der Waals surface area contributed by atoms with Gasteiger partial charge in [-0.15, -0.1) is 0 Å². The monoisotopic (exact) mass is 324 g/mol. The van der Waals surface area contributed by atoms with Gasteiger partial charge in [-0.2, -0.15) is 0 Å². The third-order valence-electron chi connectivity index (χ3n) is 3.76. The van der Waals surface area contributed by atoms with Gasteiger partial charge in [0.2, 0.25) is 5.91 Å². The maximum Gasteiger partial charge on any atom is 0.223 e. The first-order chi connectivity index (χ1) is 11.7. The Morgan fingerprint density at radius 3 is 2.71 bits per heavy atom. The summed E-state index contributed by atoms with van der Waals surface area (Å²) in [5.41, 5.74) is 3.22. The van der Waals surface area contributed by atoms with Gasteiger partial charge >= 0.3 is 0 Å². The molecular formula is C20H24N2O2. The van der Waals surface area contributed by atoms with Crippen molar-refractivity contribution < 1.29 is 9.90 Å². The molecule has 4 nitrogen and oxygen atoms in total. The standard InChI is InChI=1S/C20H24N2O2/c1-16-8-10-17(11-9-16)5-4-7-20(24)22-14-18(15-23)13-19-6-2-3-12-21-19/h2-6,8-12,18,23H,7,13-15H2,1H3,(H,22,24)/b5-4+. The molecule has 0 bridgehead atoms. The lowest BCUT2D eigenvalue weighted by Crippen LogP contribution is -2.31. The summed E-state index contributed by atoms with van der Waals surface area (Å²) in [6, 6.07) is 13.9. The minimum atomic E-state index is -0.0437. The van der Waals surface area contributed by atoms with Crippen molar-refractivity contribution in [1.82, 2.24) is 10.3 Å². The average molecular weight is 324 g/mol. The van der Waals surface area contributed by atoms with Crippen molar-refractivity contribution in [2.75, 3.05) is 13.2 Å². The molecule has 0 aliphatic heterocycles. The number of carbonyl (C=O) groups is 1. The number of rotatable bonds is 8. The molecule has 1 amide bonds. The number of hydrogen-bond acceptors (Lipinski definition) is 3. The van der Waals surface area contributed by atoms with Gasteiger partial charge in [0.1, 0.15) is 0 Å². The maximum atomic E-state index is 11.9. The van der Waals surface area contributed by atoms with Crippen molar-refractivity contribution in [2.45, 2.75) is 19.8 Å². The van der Waals surface area contributed by atoms with Gasteiger partial charge in [0, 0.05) is 37.4 Å². The van der Waals surface area contributed by atoms with E-state index < -0.39 is 0 Å². The topological polar surface area (TPSA) is 62.2 Å². The average Bonchev–Trinajstić information content (AvgIpc) is 2.61. The molecule has 0 spiro atoms. The third kappa shape index (κ3) is 6.34. The molecule has 1 atom stereocenters. The summed E-state index contributed by atoms with van der Waals surface area (Å²) in [5.74, 6) is -0.0669. The van der Waals surface area contributed by atoms with Crippen LogP contribution in [-0.4, -0.2) is 29.1 Å². The highest BCUT2D eigenvalue weighted by Gasteiger charge is 2.10. The first kappa shape index (κ1) is 17.9. The van der Waals surface area contributed by atoms with Crippen molar-refractivity contribution >= 4 is 12.0 Å². The van der Waals surface area contributed by atoms with E-state index in [0.29, 0.717) is 19.4 Å². The Hall–Kier alpha value is -2.46. The minimum Gasteiger partial charge on any atom is -0.396 e. The van der Waals surface area contributed by atoms with Crippen molar-refractivity contribution in [3.8, 4) is 0 Å². The summed E-state index contributed by atoms with van der Waals surface area (Å²) in [6.07, 6.45) is 6.51. The van der Waals surface area contributed by atoms with Crippen LogP contribution in [0.2, 0.25) is 0 Å². The van der Waals surface area contributed by atoms with E-state index in [9.17, 15) is 9.90 Å². The van der Waals surface area contributed by atoms with Crippen LogP contribution in [0.25, 0.3) is 6.08 Å². The number of nitrogens with zero attached hydrogens (tertiary/aromatic N) is 1. The van der Waals surface area contributed by atoms with Crippen LogP contribution in [-0.2, 0) is 11.2 Å². The number of aliphatic hydroxyl groups is 1. The van der Waals surface area contributed by atoms with E-state index in [4.69, 9.17) is 0 Å². The molecule has 1 heterocycles. The van der Waals surface area contributed by atoms with E-state index in [2.05, 4.69) is 10.3 Å². The molecule has 0 saturated carbocycles. The fraction of sp³-hybridized carbons (Fsp3) is 0.300. The summed E-state index contributed by atoms with van der Waals surface area (Å²) < 4.78 is 0. The Kier molecular flexibility index (Phi) is 7.18. The predicted molar refractivity (Wildman–Crippen MR) is 96.4 cm³/mol. The molecule has 1 aromatic heterocycles. The van der Waals surface area contributed by atoms with E-state index in [0.717, 1.165) is 11.3 Å². The molecule has 0 fully saturated rings. The zero-order valence-electron chi connectivity index (χ0n) is 14.0. The summed E-state index contributed by atoms with van der Waals surface area (Å²) in [4.78, 5) is 16.1. The number of aromatic nitrogens is 1. The number of aryl methyl sites for hydroxylation is 1. The zero-order chi connectivity index (χ0) is 17.2. The minimum absolute atomic E-state index is 0.0232. The highest BCUT2D eigenvalue weighted by molar-refractivity contribution is 5.78. The van der Waals surface area contributed by atoms with E-state index in [1.54, 1.807) is 6.20 Å². The van der Waals surface area contributed by atoms with E-state index in [1.807, 2.05) is 61.5 Å². The smallest absolute Gasteiger partial charge is 0.223 e. The molecule has 2 rings (SSSR count). The number of hydrogen-bond donors (Lipinski definition) is 2. The largest absolute Gasteiger partial charge is 0.396 e. The number of pyridine rings is 1. The molecule has 2 aromatic rings. The van der Waals surface area contributed by atoms with Crippen LogP contribution in [0.1, 0.15) is 23.2 Å². The first-order valence-corrected chi connectivity index (χ1v) is 8.18. The van der Waals surface area contributed by atoms with E-state index in [-0.39, 0.29) is 18.4 Å². The molecule has 126 valence electrons. The lowest BCUT2D eigenvalue weighted by Gasteiger charge is -2.14. The zero-order valence-corrected chi connectivity index (χ0v) is 14.0. The second-order valence-electron chi connectivity index (χ2n) is 5.90. The van der Waals surface area contributed by atoms with E-state index in [1.165, 1.54) is 5.56 Å². The van der Waals surface area contributed by atoms with Gasteiger partial charge in [0.15, 0.2) is 0 Å². The third-order valence-corrected chi connectivity index (χ3v) is 3.76. The number of aliphatic hydroxyl groups excluding tert-OH is 1. The first-order valence-electron chi connectivity index (χ1n) is 8.18. The predicted octanol–water partition coefficient (Wildman–Crippen LogP) is 2.76. The van der Waals surface area contributed by atoms with Crippen LogP contribution < -0.4 is 5.32 Å². The normalized spacial score (nSPS) is 12.2. The Morgan fingerprint density at radius 1 is 1.25 bits per heavy atom. The number of amides is 1. The molecule has 1 unspecified atom stereocenters.